The molecule has 0 bridgehead atoms. The van der Waals surface area contributed by atoms with Crippen LogP contribution in [-0.2, 0) is 0 Å². The van der Waals surface area contributed by atoms with Crippen LogP contribution in [0.3, 0.4) is 0 Å². The average Bonchev–Trinajstić information content (AvgIpc) is 2.43. The Morgan fingerprint density at radius 3 is 2.05 bits per heavy atom. The molecule has 6 N–H and O–H groups in total. The van der Waals surface area contributed by atoms with Gasteiger partial charge in [-0.25, -0.2) is 9.59 Å². The highest BCUT2D eigenvalue weighted by Gasteiger charge is 2.18. The number of hydrogen-bond donors (Lipinski definition) is 4. The Kier molecular flexibility index (Phi) is 5.94. The first-order chi connectivity index (χ1) is 9.92. The van der Waals surface area contributed by atoms with Gasteiger partial charge >= 0.3 is 12.1 Å². The lowest BCUT2D eigenvalue weighted by atomic mass is 10.1. The topological polar surface area (TPSA) is 133 Å². The number of urea groups is 2. The quantitative estimate of drug-likeness (QED) is 0.576. The van der Waals surface area contributed by atoms with E-state index in [1.54, 1.807) is 25.1 Å². The van der Waals surface area contributed by atoms with Crippen molar-refractivity contribution < 1.29 is 19.8 Å². The number of hydrogen-bond acceptors (Lipinski definition) is 4. The summed E-state index contributed by atoms with van der Waals surface area (Å²) in [6.07, 6.45) is 0. The van der Waals surface area contributed by atoms with E-state index in [1.165, 1.54) is 9.80 Å². The number of aliphatic hydroxyl groups is 2. The monoisotopic (exact) mass is 296 g/mol. The fourth-order valence-corrected chi connectivity index (χ4v) is 1.97. The minimum absolute atomic E-state index is 0.0361. The molecule has 0 saturated carbocycles. The van der Waals surface area contributed by atoms with Gasteiger partial charge in [0.05, 0.1) is 32.0 Å². The molecule has 0 fully saturated rings. The van der Waals surface area contributed by atoms with Crippen molar-refractivity contribution in [1.82, 2.24) is 0 Å². The molecule has 0 heterocycles. The molecule has 0 aliphatic carbocycles. The summed E-state index contributed by atoms with van der Waals surface area (Å²) < 4.78 is 0. The highest BCUT2D eigenvalue weighted by Crippen LogP contribution is 2.26. The van der Waals surface area contributed by atoms with Crippen LogP contribution in [0.1, 0.15) is 5.56 Å². The molecule has 1 aromatic rings. The minimum Gasteiger partial charge on any atom is -0.395 e. The fourth-order valence-electron chi connectivity index (χ4n) is 1.97. The van der Waals surface area contributed by atoms with Crippen LogP contribution in [0.2, 0.25) is 0 Å². The number of aliphatic hydroxyl groups excluding tert-OH is 2. The summed E-state index contributed by atoms with van der Waals surface area (Å²) in [5.41, 5.74) is 12.2. The predicted octanol–water partition coefficient (Wildman–Crippen LogP) is -0.250. The minimum atomic E-state index is -0.716. The van der Waals surface area contributed by atoms with Gasteiger partial charge in [0.15, 0.2) is 0 Å². The van der Waals surface area contributed by atoms with Crippen LogP contribution >= 0.6 is 0 Å². The molecule has 1 aromatic carbocycles. The van der Waals surface area contributed by atoms with Gasteiger partial charge in [-0.05, 0) is 24.6 Å². The van der Waals surface area contributed by atoms with Crippen LogP contribution in [0.25, 0.3) is 0 Å². The molecular formula is C13H20N4O4. The van der Waals surface area contributed by atoms with Gasteiger partial charge in [-0.2, -0.15) is 0 Å². The Bertz CT molecular complexity index is 521. The Labute approximate surface area is 122 Å². The van der Waals surface area contributed by atoms with E-state index in [2.05, 4.69) is 0 Å². The zero-order valence-electron chi connectivity index (χ0n) is 11.8. The van der Waals surface area contributed by atoms with Crippen molar-refractivity contribution in [3.8, 4) is 0 Å². The molecule has 0 atom stereocenters. The van der Waals surface area contributed by atoms with E-state index in [0.717, 1.165) is 5.56 Å². The summed E-state index contributed by atoms with van der Waals surface area (Å²) in [7, 11) is 0. The fraction of sp³-hybridized carbons (Fsp3) is 0.385. The Balaban J connectivity index is 3.24. The Morgan fingerprint density at radius 2 is 1.57 bits per heavy atom. The third-order valence-electron chi connectivity index (χ3n) is 2.97. The zero-order chi connectivity index (χ0) is 16.0. The smallest absolute Gasteiger partial charge is 0.319 e. The number of anilines is 2. The summed E-state index contributed by atoms with van der Waals surface area (Å²) in [5, 5.41) is 18.0. The van der Waals surface area contributed by atoms with Crippen molar-refractivity contribution in [2.45, 2.75) is 6.92 Å². The normalized spacial score (nSPS) is 10.2. The first kappa shape index (κ1) is 16.7. The second kappa shape index (κ2) is 7.46. The van der Waals surface area contributed by atoms with Crippen molar-refractivity contribution in [3.63, 3.8) is 0 Å². The van der Waals surface area contributed by atoms with Crippen LogP contribution in [0.15, 0.2) is 18.2 Å². The largest absolute Gasteiger partial charge is 0.395 e. The highest BCUT2D eigenvalue weighted by atomic mass is 16.3. The molecule has 0 radical (unpaired) electrons. The number of carbonyl (C=O) groups is 2. The van der Waals surface area contributed by atoms with Crippen molar-refractivity contribution >= 4 is 23.4 Å². The number of amides is 4. The van der Waals surface area contributed by atoms with Crippen LogP contribution in [0.4, 0.5) is 21.0 Å². The Morgan fingerprint density at radius 1 is 1.05 bits per heavy atom. The van der Waals surface area contributed by atoms with Crippen molar-refractivity contribution in [2.24, 2.45) is 11.5 Å². The predicted molar refractivity (Wildman–Crippen MR) is 79.2 cm³/mol. The lowest BCUT2D eigenvalue weighted by molar-refractivity contribution is 0.249. The van der Waals surface area contributed by atoms with Crippen LogP contribution < -0.4 is 21.3 Å². The second-order valence-corrected chi connectivity index (χ2v) is 4.40. The zero-order valence-corrected chi connectivity index (χ0v) is 11.8. The summed E-state index contributed by atoms with van der Waals surface area (Å²) >= 11 is 0. The number of carbonyl (C=O) groups excluding carboxylic acids is 2. The molecule has 0 spiro atoms. The van der Waals surface area contributed by atoms with Crippen molar-refractivity contribution in [2.75, 3.05) is 36.1 Å². The molecule has 0 unspecified atom stereocenters. The molecule has 116 valence electrons. The van der Waals surface area contributed by atoms with Gasteiger partial charge in [0.2, 0.25) is 0 Å². The maximum absolute atomic E-state index is 11.5. The van der Waals surface area contributed by atoms with Gasteiger partial charge in [0, 0.05) is 5.69 Å². The average molecular weight is 296 g/mol. The molecule has 0 aliphatic rings. The molecule has 0 aliphatic heterocycles. The number of rotatable bonds is 6. The first-order valence-corrected chi connectivity index (χ1v) is 6.38. The lowest BCUT2D eigenvalue weighted by Gasteiger charge is -2.25. The maximum Gasteiger partial charge on any atom is 0.319 e. The van der Waals surface area contributed by atoms with Gasteiger partial charge in [-0.1, -0.05) is 6.07 Å². The van der Waals surface area contributed by atoms with Gasteiger partial charge in [-0.15, -0.1) is 0 Å². The molecule has 8 nitrogen and oxygen atoms in total. The summed E-state index contributed by atoms with van der Waals surface area (Å²) in [4.78, 5) is 25.3. The summed E-state index contributed by atoms with van der Waals surface area (Å²) in [6, 6.07) is 3.49. The Hall–Kier alpha value is -2.32. The summed E-state index contributed by atoms with van der Waals surface area (Å²) in [6.45, 7) is 1.35. The standard InChI is InChI=1S/C13H20N4O4/c1-9-2-3-10(16(4-6-18)12(14)20)8-11(9)17(5-7-19)13(15)21/h2-3,8,18-19H,4-7H2,1H3,(H2,14,20)(H2,15,21). The van der Waals surface area contributed by atoms with E-state index in [1.807, 2.05) is 0 Å². The van der Waals surface area contributed by atoms with Gasteiger partial charge < -0.3 is 21.7 Å². The SMILES string of the molecule is Cc1ccc(N(CCO)C(N)=O)cc1N(CCO)C(N)=O. The number of benzene rings is 1. The van der Waals surface area contributed by atoms with Crippen molar-refractivity contribution in [3.05, 3.63) is 23.8 Å². The van der Waals surface area contributed by atoms with E-state index in [0.29, 0.717) is 11.4 Å². The molecule has 1 rings (SSSR count). The number of nitrogens with zero attached hydrogens (tertiary/aromatic N) is 2. The van der Waals surface area contributed by atoms with Gasteiger partial charge in [-0.3, -0.25) is 9.80 Å². The second-order valence-electron chi connectivity index (χ2n) is 4.40. The van der Waals surface area contributed by atoms with E-state index in [-0.39, 0.29) is 26.3 Å². The molecule has 4 amide bonds. The third kappa shape index (κ3) is 4.07. The number of nitrogens with two attached hydrogens (primary N) is 2. The lowest BCUT2D eigenvalue weighted by Crippen LogP contribution is -2.40. The van der Waals surface area contributed by atoms with E-state index in [4.69, 9.17) is 21.7 Å². The molecule has 21 heavy (non-hydrogen) atoms. The molecule has 0 saturated heterocycles. The molecule has 0 aromatic heterocycles. The van der Waals surface area contributed by atoms with E-state index < -0.39 is 12.1 Å². The van der Waals surface area contributed by atoms with Crippen molar-refractivity contribution in [1.29, 1.82) is 0 Å². The number of aryl methyl sites for hydroxylation is 1. The first-order valence-electron chi connectivity index (χ1n) is 6.38. The number of primary amides is 2. The highest BCUT2D eigenvalue weighted by molar-refractivity contribution is 5.95. The van der Waals surface area contributed by atoms with Gasteiger partial charge in [0.1, 0.15) is 0 Å². The molecule has 8 heteroatoms. The van der Waals surface area contributed by atoms with Crippen LogP contribution in [-0.4, -0.2) is 48.6 Å². The van der Waals surface area contributed by atoms with Crippen LogP contribution in [0.5, 0.6) is 0 Å². The summed E-state index contributed by atoms with van der Waals surface area (Å²) in [5.74, 6) is 0. The van der Waals surface area contributed by atoms with E-state index >= 15 is 0 Å². The van der Waals surface area contributed by atoms with E-state index in [9.17, 15) is 9.59 Å². The van der Waals surface area contributed by atoms with Crippen LogP contribution in [0, 0.1) is 6.92 Å². The maximum atomic E-state index is 11.5. The molecular weight excluding hydrogens is 276 g/mol. The third-order valence-corrected chi connectivity index (χ3v) is 2.97. The van der Waals surface area contributed by atoms with Gasteiger partial charge in [0.25, 0.3) is 0 Å².